The van der Waals surface area contributed by atoms with Crippen LogP contribution in [0.25, 0.3) is 0 Å². The molecule has 0 aliphatic carbocycles. The fraction of sp³-hybridized carbons (Fsp3) is 0.250. The molecule has 28 heavy (non-hydrogen) atoms. The van der Waals surface area contributed by atoms with Crippen LogP contribution >= 0.6 is 0 Å². The van der Waals surface area contributed by atoms with Gasteiger partial charge in [0.2, 0.25) is 5.91 Å². The monoisotopic (exact) mass is 386 g/mol. The molecule has 0 radical (unpaired) electrons. The van der Waals surface area contributed by atoms with Gasteiger partial charge in [-0.1, -0.05) is 30.3 Å². The van der Waals surface area contributed by atoms with Gasteiger partial charge in [0.25, 0.3) is 5.91 Å². The van der Waals surface area contributed by atoms with Crippen molar-refractivity contribution in [3.05, 3.63) is 54.1 Å². The molecule has 2 N–H and O–H groups in total. The first-order valence-corrected chi connectivity index (χ1v) is 8.50. The quantitative estimate of drug-likeness (QED) is 0.634. The van der Waals surface area contributed by atoms with E-state index in [1.807, 2.05) is 30.3 Å². The predicted molar refractivity (Wildman–Crippen MR) is 102 cm³/mol. The minimum atomic E-state index is -0.705. The van der Waals surface area contributed by atoms with Crippen molar-refractivity contribution in [2.24, 2.45) is 0 Å². The average Bonchev–Trinajstić information content (AvgIpc) is 2.71. The van der Waals surface area contributed by atoms with Gasteiger partial charge in [0.15, 0.2) is 18.1 Å². The molecule has 0 saturated carbocycles. The molecule has 8 nitrogen and oxygen atoms in total. The van der Waals surface area contributed by atoms with Gasteiger partial charge in [-0.25, -0.2) is 0 Å². The Morgan fingerprint density at radius 2 is 1.61 bits per heavy atom. The number of nitrogens with one attached hydrogen (secondary N) is 2. The molecule has 0 bridgehead atoms. The van der Waals surface area contributed by atoms with E-state index in [9.17, 15) is 14.4 Å². The SMILES string of the molecule is COc1ccc(NC(=O)COC(=O)CNC(=O)Cc2ccccc2)cc1OC. The highest BCUT2D eigenvalue weighted by Gasteiger charge is 2.11. The maximum atomic E-state index is 11.9. The van der Waals surface area contributed by atoms with Crippen LogP contribution < -0.4 is 20.1 Å². The van der Waals surface area contributed by atoms with Crippen LogP contribution in [0.2, 0.25) is 0 Å². The molecule has 0 spiro atoms. The molecule has 148 valence electrons. The van der Waals surface area contributed by atoms with Crippen LogP contribution in [0, 0.1) is 0 Å². The second-order valence-corrected chi connectivity index (χ2v) is 5.72. The first kappa shape index (κ1) is 20.8. The summed E-state index contributed by atoms with van der Waals surface area (Å²) in [6.07, 6.45) is 0.161. The molecule has 0 aliphatic rings. The van der Waals surface area contributed by atoms with Crippen LogP contribution in [0.3, 0.4) is 0 Å². The van der Waals surface area contributed by atoms with Crippen LogP contribution in [0.4, 0.5) is 5.69 Å². The number of hydrogen-bond acceptors (Lipinski definition) is 6. The van der Waals surface area contributed by atoms with Crippen LogP contribution in [0.1, 0.15) is 5.56 Å². The number of benzene rings is 2. The van der Waals surface area contributed by atoms with Crippen molar-refractivity contribution in [2.45, 2.75) is 6.42 Å². The van der Waals surface area contributed by atoms with Gasteiger partial charge < -0.3 is 24.8 Å². The van der Waals surface area contributed by atoms with Gasteiger partial charge in [-0.15, -0.1) is 0 Å². The third-order valence-electron chi connectivity index (χ3n) is 3.67. The highest BCUT2D eigenvalue weighted by atomic mass is 16.5. The molecule has 0 fully saturated rings. The lowest BCUT2D eigenvalue weighted by atomic mass is 10.1. The van der Waals surface area contributed by atoms with Crippen molar-refractivity contribution >= 4 is 23.5 Å². The number of methoxy groups -OCH3 is 2. The Balaban J connectivity index is 1.72. The maximum absolute atomic E-state index is 11.9. The fourth-order valence-corrected chi connectivity index (χ4v) is 2.32. The standard InChI is InChI=1S/C20H22N2O6/c1-26-16-9-8-15(11-17(16)27-2)22-19(24)13-28-20(25)12-21-18(23)10-14-6-4-3-5-7-14/h3-9,11H,10,12-13H2,1-2H3,(H,21,23)(H,22,24). The van der Waals surface area contributed by atoms with E-state index in [0.717, 1.165) is 5.56 Å². The molecule has 2 aromatic rings. The zero-order valence-electron chi connectivity index (χ0n) is 15.7. The second kappa shape index (κ2) is 10.6. The molecule has 0 atom stereocenters. The van der Waals surface area contributed by atoms with Crippen LogP contribution in [-0.2, 0) is 25.5 Å². The van der Waals surface area contributed by atoms with E-state index in [2.05, 4.69) is 10.6 Å². The molecule has 2 amide bonds. The Kier molecular flexibility index (Phi) is 7.83. The molecular weight excluding hydrogens is 364 g/mol. The predicted octanol–water partition coefficient (Wildman–Crippen LogP) is 1.54. The summed E-state index contributed by atoms with van der Waals surface area (Å²) >= 11 is 0. The third-order valence-corrected chi connectivity index (χ3v) is 3.67. The summed E-state index contributed by atoms with van der Waals surface area (Å²) in [5.41, 5.74) is 1.30. The Labute approximate surface area is 162 Å². The summed E-state index contributed by atoms with van der Waals surface area (Å²) in [6, 6.07) is 14.0. The molecule has 0 aromatic heterocycles. The third kappa shape index (κ3) is 6.64. The van der Waals surface area contributed by atoms with Crippen molar-refractivity contribution in [3.8, 4) is 11.5 Å². The normalized spacial score (nSPS) is 9.93. The number of anilines is 1. The number of esters is 1. The van der Waals surface area contributed by atoms with E-state index in [-0.39, 0.29) is 18.9 Å². The van der Waals surface area contributed by atoms with Gasteiger partial charge >= 0.3 is 5.97 Å². The number of carbonyl (C=O) groups excluding carboxylic acids is 3. The Bertz CT molecular complexity index is 823. The van der Waals surface area contributed by atoms with Crippen molar-refractivity contribution in [1.82, 2.24) is 5.32 Å². The molecule has 2 aromatic carbocycles. The zero-order valence-corrected chi connectivity index (χ0v) is 15.7. The number of ether oxygens (including phenoxy) is 3. The highest BCUT2D eigenvalue weighted by Crippen LogP contribution is 2.29. The van der Waals surface area contributed by atoms with Crippen molar-refractivity contribution < 1.29 is 28.6 Å². The Morgan fingerprint density at radius 3 is 2.29 bits per heavy atom. The minimum absolute atomic E-state index is 0.161. The summed E-state index contributed by atoms with van der Waals surface area (Å²) in [5.74, 6) is -0.547. The fourth-order valence-electron chi connectivity index (χ4n) is 2.32. The van der Waals surface area contributed by atoms with E-state index in [0.29, 0.717) is 17.2 Å². The summed E-state index contributed by atoms with van der Waals surface area (Å²) in [7, 11) is 2.99. The highest BCUT2D eigenvalue weighted by molar-refractivity contribution is 5.93. The Hall–Kier alpha value is -3.55. The van der Waals surface area contributed by atoms with E-state index < -0.39 is 18.5 Å². The smallest absolute Gasteiger partial charge is 0.325 e. The van der Waals surface area contributed by atoms with Crippen molar-refractivity contribution in [1.29, 1.82) is 0 Å². The zero-order chi connectivity index (χ0) is 20.4. The number of carbonyl (C=O) groups is 3. The molecule has 2 rings (SSSR count). The van der Waals surface area contributed by atoms with Crippen molar-refractivity contribution in [3.63, 3.8) is 0 Å². The topological polar surface area (TPSA) is 103 Å². The van der Waals surface area contributed by atoms with E-state index in [1.54, 1.807) is 18.2 Å². The van der Waals surface area contributed by atoms with Gasteiger partial charge in [-0.2, -0.15) is 0 Å². The number of hydrogen-bond donors (Lipinski definition) is 2. The molecule has 8 heteroatoms. The molecule has 0 heterocycles. The average molecular weight is 386 g/mol. The van der Waals surface area contributed by atoms with Crippen LogP contribution in [0.5, 0.6) is 11.5 Å². The Morgan fingerprint density at radius 1 is 0.893 bits per heavy atom. The summed E-state index contributed by atoms with van der Waals surface area (Å²) in [5, 5.41) is 5.04. The molecule has 0 unspecified atom stereocenters. The van der Waals surface area contributed by atoms with Gasteiger partial charge in [0, 0.05) is 11.8 Å². The van der Waals surface area contributed by atoms with Gasteiger partial charge in [-0.05, 0) is 17.7 Å². The summed E-state index contributed by atoms with van der Waals surface area (Å²) in [6.45, 7) is -0.781. The van der Waals surface area contributed by atoms with Crippen molar-refractivity contribution in [2.75, 3.05) is 32.7 Å². The molecule has 0 saturated heterocycles. The van der Waals surface area contributed by atoms with Gasteiger partial charge in [0.1, 0.15) is 6.54 Å². The minimum Gasteiger partial charge on any atom is -0.493 e. The maximum Gasteiger partial charge on any atom is 0.325 e. The summed E-state index contributed by atoms with van der Waals surface area (Å²) in [4.78, 5) is 35.4. The molecule has 0 aliphatic heterocycles. The first-order valence-electron chi connectivity index (χ1n) is 8.50. The second-order valence-electron chi connectivity index (χ2n) is 5.72. The van der Waals surface area contributed by atoms with E-state index in [4.69, 9.17) is 14.2 Å². The number of rotatable bonds is 9. The lowest BCUT2D eigenvalue weighted by Crippen LogP contribution is -2.33. The van der Waals surface area contributed by atoms with Gasteiger partial charge in [0.05, 0.1) is 20.6 Å². The first-order chi connectivity index (χ1) is 13.5. The largest absolute Gasteiger partial charge is 0.493 e. The van der Waals surface area contributed by atoms with Gasteiger partial charge in [-0.3, -0.25) is 14.4 Å². The van der Waals surface area contributed by atoms with E-state index >= 15 is 0 Å². The van der Waals surface area contributed by atoms with E-state index in [1.165, 1.54) is 14.2 Å². The lowest BCUT2D eigenvalue weighted by molar-refractivity contribution is -0.147. The van der Waals surface area contributed by atoms with Crippen LogP contribution in [-0.4, -0.2) is 45.2 Å². The number of amides is 2. The summed E-state index contributed by atoms with van der Waals surface area (Å²) < 4.78 is 15.1. The molecular formula is C20H22N2O6. The van der Waals surface area contributed by atoms with Crippen LogP contribution in [0.15, 0.2) is 48.5 Å². The lowest BCUT2D eigenvalue weighted by Gasteiger charge is -2.11.